The molecule has 6 rings (SSSR count). The maximum absolute atomic E-state index is 14.4. The number of imide groups is 1. The highest BCUT2D eigenvalue weighted by Gasteiger charge is 2.46. The van der Waals surface area contributed by atoms with E-state index in [2.05, 4.69) is 15.5 Å². The van der Waals surface area contributed by atoms with Gasteiger partial charge in [0.15, 0.2) is 0 Å². The molecule has 3 aromatic rings. The summed E-state index contributed by atoms with van der Waals surface area (Å²) in [5.41, 5.74) is -0.0434. The molecule has 1 aromatic heterocycles. The Morgan fingerprint density at radius 3 is 2.38 bits per heavy atom. The minimum Gasteiger partial charge on any atom is -0.355 e. The van der Waals surface area contributed by atoms with Crippen LogP contribution in [-0.2, 0) is 20.7 Å². The molecule has 2 saturated heterocycles. The molecular formula is C35H44N4O5S. The third-order valence-electron chi connectivity index (χ3n) is 9.47. The average Bonchev–Trinajstić information content (AvgIpc) is 3.74. The lowest BCUT2D eigenvalue weighted by molar-refractivity contribution is -0.134. The molecule has 0 unspecified atom stereocenters. The normalized spacial score (nSPS) is 19.4. The quantitative estimate of drug-likeness (QED) is 0.324. The van der Waals surface area contributed by atoms with Gasteiger partial charge in [-0.25, -0.2) is 4.79 Å². The van der Waals surface area contributed by atoms with Crippen molar-refractivity contribution in [3.8, 4) is 0 Å². The molecule has 2 aliphatic heterocycles. The number of hydrogen-bond acceptors (Lipinski definition) is 7. The Balaban J connectivity index is 1.11. The van der Waals surface area contributed by atoms with Crippen molar-refractivity contribution in [3.63, 3.8) is 0 Å². The van der Waals surface area contributed by atoms with Crippen LogP contribution in [0, 0.1) is 11.8 Å². The number of benzene rings is 2. The number of likely N-dealkylation sites (tertiary alicyclic amines) is 1. The Labute approximate surface area is 269 Å². The number of carbonyl (C=O) groups excluding carboxylic acids is 3. The highest BCUT2D eigenvalue weighted by molar-refractivity contribution is 7.20. The van der Waals surface area contributed by atoms with E-state index in [9.17, 15) is 14.4 Å². The van der Waals surface area contributed by atoms with Crippen LogP contribution in [0.3, 0.4) is 0 Å². The van der Waals surface area contributed by atoms with E-state index in [4.69, 9.17) is 9.47 Å². The molecule has 1 saturated carbocycles. The average molecular weight is 633 g/mol. The van der Waals surface area contributed by atoms with Gasteiger partial charge in [-0.2, -0.15) is 0 Å². The minimum atomic E-state index is -1.10. The number of nitrogens with one attached hydrogen (secondary N) is 2. The van der Waals surface area contributed by atoms with Crippen molar-refractivity contribution in [2.75, 3.05) is 52.7 Å². The number of rotatable bonds is 10. The number of urea groups is 1. The van der Waals surface area contributed by atoms with Crippen molar-refractivity contribution in [2.45, 2.75) is 50.5 Å². The van der Waals surface area contributed by atoms with Crippen LogP contribution in [0.15, 0.2) is 60.7 Å². The van der Waals surface area contributed by atoms with Gasteiger partial charge in [-0.05, 0) is 74.2 Å². The van der Waals surface area contributed by atoms with Gasteiger partial charge in [0.25, 0.3) is 11.8 Å². The molecule has 2 aromatic carbocycles. The Morgan fingerprint density at radius 1 is 0.933 bits per heavy atom. The summed E-state index contributed by atoms with van der Waals surface area (Å²) in [7, 11) is 0. The molecule has 0 spiro atoms. The van der Waals surface area contributed by atoms with E-state index in [0.717, 1.165) is 74.2 Å². The molecule has 240 valence electrons. The van der Waals surface area contributed by atoms with Gasteiger partial charge >= 0.3 is 6.03 Å². The fourth-order valence-corrected chi connectivity index (χ4v) is 7.85. The van der Waals surface area contributed by atoms with Gasteiger partial charge in [0.1, 0.15) is 12.3 Å². The molecule has 3 aliphatic rings. The lowest BCUT2D eigenvalue weighted by Crippen LogP contribution is -2.61. The maximum Gasteiger partial charge on any atom is 0.324 e. The van der Waals surface area contributed by atoms with Crippen molar-refractivity contribution in [2.24, 2.45) is 11.8 Å². The number of ether oxygens (including phenoxy) is 2. The lowest BCUT2D eigenvalue weighted by Gasteiger charge is -2.36. The maximum atomic E-state index is 14.4. The summed E-state index contributed by atoms with van der Waals surface area (Å²) in [5.74, 6) is 0.187. The van der Waals surface area contributed by atoms with Crippen molar-refractivity contribution >= 4 is 39.3 Å². The molecule has 0 radical (unpaired) electrons. The Kier molecular flexibility index (Phi) is 10.5. The van der Waals surface area contributed by atoms with E-state index < -0.39 is 5.54 Å². The first kappa shape index (κ1) is 31.7. The SMILES string of the molecule is O=C(NC1(C(=O)N(CCc2ccccc2)C(=O)NCC2CCN(CC3COCOC3)CC2)CCCC1)c1cc2ccccc2s1. The first-order valence-electron chi connectivity index (χ1n) is 16.3. The zero-order chi connectivity index (χ0) is 31.1. The van der Waals surface area contributed by atoms with E-state index >= 15 is 0 Å². The van der Waals surface area contributed by atoms with E-state index in [-0.39, 0.29) is 24.4 Å². The fourth-order valence-electron chi connectivity index (χ4n) is 6.89. The van der Waals surface area contributed by atoms with Crippen molar-refractivity contribution in [3.05, 3.63) is 71.1 Å². The predicted octanol–water partition coefficient (Wildman–Crippen LogP) is 5.06. The number of hydrogen-bond donors (Lipinski definition) is 2. The lowest BCUT2D eigenvalue weighted by atomic mass is 9.94. The smallest absolute Gasteiger partial charge is 0.324 e. The fraction of sp³-hybridized carbons (Fsp3) is 0.514. The number of fused-ring (bicyclic) bond motifs is 1. The zero-order valence-electron chi connectivity index (χ0n) is 25.9. The Morgan fingerprint density at radius 2 is 1.64 bits per heavy atom. The van der Waals surface area contributed by atoms with Gasteiger partial charge in [-0.3, -0.25) is 14.5 Å². The Bertz CT molecular complexity index is 1410. The van der Waals surface area contributed by atoms with Gasteiger partial charge in [0.05, 0.1) is 18.1 Å². The first-order valence-corrected chi connectivity index (χ1v) is 17.1. The molecule has 3 fully saturated rings. The third kappa shape index (κ3) is 7.92. The molecule has 9 nitrogen and oxygen atoms in total. The van der Waals surface area contributed by atoms with Crippen LogP contribution in [0.25, 0.3) is 10.1 Å². The van der Waals surface area contributed by atoms with Gasteiger partial charge in [-0.15, -0.1) is 11.3 Å². The summed E-state index contributed by atoms with van der Waals surface area (Å²) in [6.07, 6.45) is 5.21. The molecule has 0 atom stereocenters. The number of thiophene rings is 1. The predicted molar refractivity (Wildman–Crippen MR) is 175 cm³/mol. The topological polar surface area (TPSA) is 100 Å². The van der Waals surface area contributed by atoms with E-state index in [1.54, 1.807) is 0 Å². The zero-order valence-corrected chi connectivity index (χ0v) is 26.7. The summed E-state index contributed by atoms with van der Waals surface area (Å²) in [4.78, 5) is 46.1. The summed E-state index contributed by atoms with van der Waals surface area (Å²) in [6, 6.07) is 19.3. The van der Waals surface area contributed by atoms with Crippen molar-refractivity contribution in [1.82, 2.24) is 20.4 Å². The van der Waals surface area contributed by atoms with E-state index in [1.165, 1.54) is 16.2 Å². The molecule has 2 N–H and O–H groups in total. The minimum absolute atomic E-state index is 0.249. The van der Waals surface area contributed by atoms with Gasteiger partial charge < -0.3 is 25.0 Å². The van der Waals surface area contributed by atoms with Crippen LogP contribution in [0.4, 0.5) is 4.79 Å². The molecule has 0 bridgehead atoms. The highest BCUT2D eigenvalue weighted by atomic mass is 32.1. The van der Waals surface area contributed by atoms with Gasteiger partial charge in [0.2, 0.25) is 0 Å². The summed E-state index contributed by atoms with van der Waals surface area (Å²) in [5, 5.41) is 7.24. The number of nitrogens with zero attached hydrogens (tertiary/aromatic N) is 2. The first-order chi connectivity index (χ1) is 22.0. The number of piperidine rings is 1. The molecule has 3 heterocycles. The molecule has 1 aliphatic carbocycles. The number of amides is 4. The van der Waals surface area contributed by atoms with Crippen LogP contribution in [-0.4, -0.2) is 85.9 Å². The number of carbonyl (C=O) groups is 3. The second-order valence-corrected chi connectivity index (χ2v) is 13.8. The second kappa shape index (κ2) is 14.9. The standard InChI is InChI=1S/C35H44N4O5S/c40-32(31-20-29-10-4-5-11-30(29)45-31)37-35(15-6-7-16-35)33(41)39(19-14-26-8-2-1-3-9-26)34(42)36-21-27-12-17-38(18-13-27)22-28-23-43-25-44-24-28/h1-5,8-11,20,27-28H,6-7,12-19,21-25H2,(H,36,42)(H,37,40). The summed E-state index contributed by atoms with van der Waals surface area (Å²) >= 11 is 1.42. The van der Waals surface area contributed by atoms with Crippen LogP contribution in [0.2, 0.25) is 0 Å². The third-order valence-corrected chi connectivity index (χ3v) is 10.6. The summed E-state index contributed by atoms with van der Waals surface area (Å²) in [6.45, 7) is 5.57. The van der Waals surface area contributed by atoms with Crippen LogP contribution in [0.1, 0.15) is 53.8 Å². The van der Waals surface area contributed by atoms with Crippen LogP contribution in [0.5, 0.6) is 0 Å². The van der Waals surface area contributed by atoms with Crippen molar-refractivity contribution < 1.29 is 23.9 Å². The van der Waals surface area contributed by atoms with Crippen LogP contribution < -0.4 is 10.6 Å². The molecule has 45 heavy (non-hydrogen) atoms. The molecule has 10 heteroatoms. The van der Waals surface area contributed by atoms with E-state index in [1.807, 2.05) is 60.7 Å². The largest absolute Gasteiger partial charge is 0.355 e. The Hall–Kier alpha value is -3.31. The monoisotopic (exact) mass is 632 g/mol. The highest BCUT2D eigenvalue weighted by Crippen LogP contribution is 2.33. The van der Waals surface area contributed by atoms with Crippen molar-refractivity contribution in [1.29, 1.82) is 0 Å². The van der Waals surface area contributed by atoms with Crippen LogP contribution >= 0.6 is 11.3 Å². The van der Waals surface area contributed by atoms with Gasteiger partial charge in [-0.1, -0.05) is 61.4 Å². The molecule has 4 amide bonds. The summed E-state index contributed by atoms with van der Waals surface area (Å²) < 4.78 is 11.9. The van der Waals surface area contributed by atoms with E-state index in [0.29, 0.717) is 49.3 Å². The molecular weight excluding hydrogens is 588 g/mol. The second-order valence-electron chi connectivity index (χ2n) is 12.7. The van der Waals surface area contributed by atoms with Gasteiger partial charge in [0, 0.05) is 30.3 Å².